The van der Waals surface area contributed by atoms with Gasteiger partial charge < -0.3 is 5.32 Å². The molecular formula is C11H9N3O5S. The molecule has 9 heteroatoms. The molecule has 0 spiro atoms. The molecule has 0 aromatic heterocycles. The lowest BCUT2D eigenvalue weighted by Gasteiger charge is -2.44. The summed E-state index contributed by atoms with van der Waals surface area (Å²) in [6, 6.07) is 5.92. The maximum atomic E-state index is 12.2. The smallest absolute Gasteiger partial charge is 0.264 e. The van der Waals surface area contributed by atoms with E-state index in [0.717, 1.165) is 0 Å². The van der Waals surface area contributed by atoms with Gasteiger partial charge in [0.15, 0.2) is 0 Å². The van der Waals surface area contributed by atoms with Crippen LogP contribution in [-0.2, 0) is 14.8 Å². The number of hydrogen-bond acceptors (Lipinski definition) is 5. The van der Waals surface area contributed by atoms with Crippen LogP contribution in [0.5, 0.6) is 0 Å². The number of imide groups is 1. The Bertz CT molecular complexity index is 727. The number of β-lactam (4-membered cyclic amide) rings is 1. The number of carbonyl (C=O) groups excluding carboxylic acids is 3. The molecule has 3 N–H and O–H groups in total. The molecule has 1 atom stereocenters. The average Bonchev–Trinajstić information content (AvgIpc) is 2.58. The quantitative estimate of drug-likeness (QED) is 0.520. The van der Waals surface area contributed by atoms with Gasteiger partial charge in [0.25, 0.3) is 21.8 Å². The molecule has 3 amide bonds. The van der Waals surface area contributed by atoms with Crippen LogP contribution in [0.25, 0.3) is 0 Å². The van der Waals surface area contributed by atoms with Crippen LogP contribution in [-0.4, -0.2) is 36.0 Å². The zero-order valence-corrected chi connectivity index (χ0v) is 10.8. The maximum Gasteiger partial charge on any atom is 0.264 e. The summed E-state index contributed by atoms with van der Waals surface area (Å²) in [7, 11) is -4.38. The van der Waals surface area contributed by atoms with Crippen molar-refractivity contribution >= 4 is 27.7 Å². The molecule has 2 aliphatic heterocycles. The van der Waals surface area contributed by atoms with Crippen LogP contribution in [0.15, 0.2) is 24.3 Å². The number of hydrogen-bond donors (Lipinski definition) is 2. The number of benzene rings is 1. The first-order valence-electron chi connectivity index (χ1n) is 5.59. The van der Waals surface area contributed by atoms with E-state index in [0.29, 0.717) is 4.90 Å². The maximum absolute atomic E-state index is 12.2. The minimum atomic E-state index is -4.38. The predicted octanol–water partition coefficient (Wildman–Crippen LogP) is -1.26. The molecule has 3 rings (SSSR count). The Labute approximate surface area is 113 Å². The van der Waals surface area contributed by atoms with Crippen molar-refractivity contribution < 1.29 is 22.8 Å². The van der Waals surface area contributed by atoms with E-state index in [4.69, 9.17) is 5.14 Å². The Hall–Kier alpha value is -2.26. The highest BCUT2D eigenvalue weighted by Crippen LogP contribution is 2.36. The summed E-state index contributed by atoms with van der Waals surface area (Å²) in [4.78, 5) is 33.9. The zero-order chi connectivity index (χ0) is 14.7. The number of rotatable bonds is 2. The molecule has 1 saturated heterocycles. The van der Waals surface area contributed by atoms with Gasteiger partial charge in [-0.05, 0) is 12.1 Å². The summed E-state index contributed by atoms with van der Waals surface area (Å²) < 4.78 is 23.5. The summed E-state index contributed by atoms with van der Waals surface area (Å²) in [6.07, 6.45) is -0.558. The Morgan fingerprint density at radius 1 is 1.10 bits per heavy atom. The molecule has 1 fully saturated rings. The number of nitrogens with two attached hydrogens (primary N) is 1. The van der Waals surface area contributed by atoms with Crippen LogP contribution in [0.4, 0.5) is 0 Å². The number of sulfonamides is 1. The van der Waals surface area contributed by atoms with Crippen LogP contribution in [0.2, 0.25) is 0 Å². The van der Waals surface area contributed by atoms with Crippen LogP contribution >= 0.6 is 0 Å². The van der Waals surface area contributed by atoms with E-state index in [1.807, 2.05) is 0 Å². The molecule has 2 heterocycles. The molecule has 0 bridgehead atoms. The SMILES string of the molecule is NS(=O)(=O)[C@]1(N2C(=O)c3ccccc3C2=O)CC(=O)N1. The van der Waals surface area contributed by atoms with Gasteiger partial charge in [0.05, 0.1) is 17.5 Å². The second-order valence-corrected chi connectivity index (χ2v) is 6.31. The lowest BCUT2D eigenvalue weighted by atomic mass is 10.1. The molecule has 0 saturated carbocycles. The standard InChI is InChI=1S/C11H9N3O5S/c12-20(18,19)11(5-8(15)13-11)14-9(16)6-3-1-2-4-7(6)10(14)17/h1-4H,5H2,(H,13,15)(H2,12,18,19)/t11-/m1/s1. The molecule has 1 aromatic rings. The van der Waals surface area contributed by atoms with Crippen molar-refractivity contribution in [3.05, 3.63) is 35.4 Å². The number of amides is 3. The van der Waals surface area contributed by atoms with E-state index in [9.17, 15) is 22.8 Å². The number of primary sulfonamides is 1. The summed E-state index contributed by atoms with van der Waals surface area (Å²) in [5, 5.41) is 7.15. The van der Waals surface area contributed by atoms with Gasteiger partial charge in [-0.15, -0.1) is 0 Å². The summed E-state index contributed by atoms with van der Waals surface area (Å²) in [5.74, 6) is -2.19. The molecule has 2 aliphatic rings. The number of nitrogens with zero attached hydrogens (tertiary/aromatic N) is 1. The molecule has 8 nitrogen and oxygen atoms in total. The van der Waals surface area contributed by atoms with E-state index in [-0.39, 0.29) is 11.1 Å². The molecule has 0 radical (unpaired) electrons. The minimum absolute atomic E-state index is 0.0849. The molecule has 1 aromatic carbocycles. The number of carbonyl (C=O) groups is 3. The number of fused-ring (bicyclic) bond motifs is 1. The Morgan fingerprint density at radius 2 is 1.55 bits per heavy atom. The third-order valence-electron chi connectivity index (χ3n) is 3.36. The van der Waals surface area contributed by atoms with Gasteiger partial charge in [-0.3, -0.25) is 14.4 Å². The van der Waals surface area contributed by atoms with Gasteiger partial charge in [0.2, 0.25) is 10.9 Å². The minimum Gasteiger partial charge on any atom is -0.318 e. The highest BCUT2D eigenvalue weighted by atomic mass is 32.2. The molecular weight excluding hydrogens is 286 g/mol. The first-order valence-corrected chi connectivity index (χ1v) is 7.14. The summed E-state index contributed by atoms with van der Waals surface area (Å²) in [5.41, 5.74) is 0.170. The van der Waals surface area contributed by atoms with E-state index < -0.39 is 39.2 Å². The highest BCUT2D eigenvalue weighted by Gasteiger charge is 2.63. The van der Waals surface area contributed by atoms with Gasteiger partial charge in [-0.1, -0.05) is 12.1 Å². The van der Waals surface area contributed by atoms with Crippen LogP contribution in [0.3, 0.4) is 0 Å². The third-order valence-corrected chi connectivity index (χ3v) is 4.73. The normalized spacial score (nSPS) is 25.2. The lowest BCUT2D eigenvalue weighted by Crippen LogP contribution is -2.76. The fraction of sp³-hybridized carbons (Fsp3) is 0.182. The fourth-order valence-corrected chi connectivity index (χ4v) is 3.38. The Morgan fingerprint density at radius 3 is 1.90 bits per heavy atom. The largest absolute Gasteiger partial charge is 0.318 e. The molecule has 0 unspecified atom stereocenters. The number of nitrogens with one attached hydrogen (secondary N) is 1. The van der Waals surface area contributed by atoms with Crippen molar-refractivity contribution in [1.29, 1.82) is 0 Å². The van der Waals surface area contributed by atoms with Crippen LogP contribution < -0.4 is 10.5 Å². The monoisotopic (exact) mass is 295 g/mol. The van der Waals surface area contributed by atoms with Crippen molar-refractivity contribution in [3.63, 3.8) is 0 Å². The first kappa shape index (κ1) is 12.8. The Balaban J connectivity index is 2.15. The average molecular weight is 295 g/mol. The molecule has 0 aliphatic carbocycles. The first-order chi connectivity index (χ1) is 9.28. The van der Waals surface area contributed by atoms with E-state index in [1.165, 1.54) is 12.1 Å². The lowest BCUT2D eigenvalue weighted by molar-refractivity contribution is -0.132. The van der Waals surface area contributed by atoms with E-state index >= 15 is 0 Å². The molecule has 104 valence electrons. The molecule has 20 heavy (non-hydrogen) atoms. The van der Waals surface area contributed by atoms with Crippen molar-refractivity contribution in [3.8, 4) is 0 Å². The van der Waals surface area contributed by atoms with Crippen molar-refractivity contribution in [2.45, 2.75) is 11.4 Å². The van der Waals surface area contributed by atoms with Crippen molar-refractivity contribution in [1.82, 2.24) is 10.2 Å². The van der Waals surface area contributed by atoms with E-state index in [2.05, 4.69) is 5.32 Å². The van der Waals surface area contributed by atoms with E-state index in [1.54, 1.807) is 12.1 Å². The highest BCUT2D eigenvalue weighted by molar-refractivity contribution is 7.90. The van der Waals surface area contributed by atoms with Gasteiger partial charge >= 0.3 is 0 Å². The van der Waals surface area contributed by atoms with Crippen LogP contribution in [0.1, 0.15) is 27.1 Å². The summed E-state index contributed by atoms with van der Waals surface area (Å²) >= 11 is 0. The third kappa shape index (κ3) is 1.38. The van der Waals surface area contributed by atoms with Crippen molar-refractivity contribution in [2.75, 3.05) is 0 Å². The second-order valence-electron chi connectivity index (χ2n) is 4.55. The fourth-order valence-electron chi connectivity index (χ4n) is 2.37. The van der Waals surface area contributed by atoms with Gasteiger partial charge in [-0.25, -0.2) is 18.5 Å². The zero-order valence-electron chi connectivity index (χ0n) is 9.99. The van der Waals surface area contributed by atoms with Gasteiger partial charge in [-0.2, -0.15) is 0 Å². The van der Waals surface area contributed by atoms with Gasteiger partial charge in [0.1, 0.15) is 0 Å². The second kappa shape index (κ2) is 3.64. The van der Waals surface area contributed by atoms with Crippen LogP contribution in [0, 0.1) is 0 Å². The van der Waals surface area contributed by atoms with Gasteiger partial charge in [0, 0.05) is 0 Å². The summed E-state index contributed by atoms with van der Waals surface area (Å²) in [6.45, 7) is 0. The Kier molecular flexibility index (Phi) is 2.32. The predicted molar refractivity (Wildman–Crippen MR) is 65.5 cm³/mol. The topological polar surface area (TPSA) is 127 Å². The van der Waals surface area contributed by atoms with Crippen molar-refractivity contribution in [2.24, 2.45) is 5.14 Å².